The molecule has 2 nitrogen and oxygen atoms in total. The standard InChI is InChI=1S/2C18H20OS2.Ni/c2*1-3-13-10-11-16(19-4-2)15(12-13)18(21)17(20)14-8-6-5-7-9-14;/h2*5-12,20-21H,3-4H2,1-2H3;/p-4/b2*18-17-;. The van der Waals surface area contributed by atoms with Crippen molar-refractivity contribution in [2.75, 3.05) is 13.2 Å². The van der Waals surface area contributed by atoms with E-state index in [0.717, 1.165) is 46.6 Å². The van der Waals surface area contributed by atoms with Crippen molar-refractivity contribution in [2.24, 2.45) is 0 Å². The Labute approximate surface area is 290 Å². The minimum absolute atomic E-state index is 0. The van der Waals surface area contributed by atoms with E-state index in [1.54, 1.807) is 0 Å². The van der Waals surface area contributed by atoms with Crippen LogP contribution in [0, 0.1) is 0 Å². The van der Waals surface area contributed by atoms with Crippen molar-refractivity contribution >= 4 is 70.1 Å². The van der Waals surface area contributed by atoms with Crippen LogP contribution in [-0.4, -0.2) is 13.2 Å². The summed E-state index contributed by atoms with van der Waals surface area (Å²) in [7, 11) is 0. The first-order valence-corrected chi connectivity index (χ1v) is 15.8. The molecule has 0 aliphatic rings. The molecule has 0 amide bonds. The molecule has 4 aromatic rings. The smallest absolute Gasteiger partial charge is 0.124 e. The summed E-state index contributed by atoms with van der Waals surface area (Å²) in [6.45, 7) is 9.40. The number of benzene rings is 4. The van der Waals surface area contributed by atoms with Crippen molar-refractivity contribution in [3.8, 4) is 11.5 Å². The molecule has 0 saturated carbocycles. The summed E-state index contributed by atoms with van der Waals surface area (Å²) in [5, 5.41) is 0. The third-order valence-electron chi connectivity index (χ3n) is 6.48. The van der Waals surface area contributed by atoms with Crippen molar-refractivity contribution in [3.05, 3.63) is 130 Å². The van der Waals surface area contributed by atoms with Crippen molar-refractivity contribution < 1.29 is 26.0 Å². The third kappa shape index (κ3) is 10.2. The molecular weight excluding hydrogens is 651 g/mol. The maximum absolute atomic E-state index is 5.70. The van der Waals surface area contributed by atoms with E-state index in [2.05, 4.69) is 38.1 Å². The Morgan fingerprint density at radius 3 is 1.14 bits per heavy atom. The minimum atomic E-state index is 0. The van der Waals surface area contributed by atoms with E-state index in [4.69, 9.17) is 60.0 Å². The zero-order valence-corrected chi connectivity index (χ0v) is 29.1. The molecule has 43 heavy (non-hydrogen) atoms. The van der Waals surface area contributed by atoms with E-state index in [0.29, 0.717) is 32.8 Å². The summed E-state index contributed by atoms with van der Waals surface area (Å²) >= 11 is 22.3. The van der Waals surface area contributed by atoms with Crippen molar-refractivity contribution in [2.45, 2.75) is 40.5 Å². The molecule has 0 radical (unpaired) electrons. The summed E-state index contributed by atoms with van der Waals surface area (Å²) < 4.78 is 11.4. The quantitative estimate of drug-likeness (QED) is 0.0934. The first-order valence-electron chi connectivity index (χ1n) is 14.1. The van der Waals surface area contributed by atoms with Gasteiger partial charge in [0.1, 0.15) is 11.5 Å². The largest absolute Gasteiger partial charge is 0.780 e. The first-order chi connectivity index (χ1) is 20.3. The molecule has 7 heteroatoms. The summed E-state index contributed by atoms with van der Waals surface area (Å²) in [4.78, 5) is 2.74. The molecule has 0 unspecified atom stereocenters. The fraction of sp³-hybridized carbons (Fsp3) is 0.222. The van der Waals surface area contributed by atoms with Crippen LogP contribution in [-0.2, 0) is 79.8 Å². The van der Waals surface area contributed by atoms with Crippen LogP contribution in [0.1, 0.15) is 61.1 Å². The Hall–Kier alpha value is -2.67. The van der Waals surface area contributed by atoms with Crippen molar-refractivity contribution in [3.63, 3.8) is 0 Å². The van der Waals surface area contributed by atoms with Gasteiger partial charge < -0.3 is 60.0 Å². The normalized spacial score (nSPS) is 11.6. The molecule has 0 N–H and O–H groups in total. The topological polar surface area (TPSA) is 18.5 Å². The van der Waals surface area contributed by atoms with Gasteiger partial charge in [-0.05, 0) is 84.3 Å². The Balaban J connectivity index is 0.000000293. The summed E-state index contributed by atoms with van der Waals surface area (Å²) in [6, 6.07) is 32.0. The molecule has 0 aromatic heterocycles. The molecule has 0 saturated heterocycles. The molecule has 4 rings (SSSR count). The Bertz CT molecular complexity index is 1390. The van der Waals surface area contributed by atoms with Gasteiger partial charge in [-0.1, -0.05) is 86.6 Å². The molecule has 0 heterocycles. The van der Waals surface area contributed by atoms with Crippen LogP contribution >= 0.6 is 0 Å². The van der Waals surface area contributed by atoms with Crippen LogP contribution in [0.3, 0.4) is 0 Å². The predicted molar refractivity (Wildman–Crippen MR) is 190 cm³/mol. The zero-order valence-electron chi connectivity index (χ0n) is 24.8. The number of aryl methyl sites for hydroxylation is 2. The van der Waals surface area contributed by atoms with Gasteiger partial charge in [-0.15, -0.1) is 0 Å². The van der Waals surface area contributed by atoms with Gasteiger partial charge in [0, 0.05) is 16.5 Å². The minimum Gasteiger partial charge on any atom is -0.780 e. The van der Waals surface area contributed by atoms with Crippen LogP contribution in [0.25, 0.3) is 19.6 Å². The van der Waals surface area contributed by atoms with Crippen LogP contribution in [0.2, 0.25) is 0 Å². The molecule has 4 aromatic carbocycles. The number of hydrogen-bond acceptors (Lipinski definition) is 6. The van der Waals surface area contributed by atoms with E-state index in [-0.39, 0.29) is 16.5 Å². The fourth-order valence-electron chi connectivity index (χ4n) is 4.20. The van der Waals surface area contributed by atoms with Gasteiger partial charge in [-0.25, -0.2) is 0 Å². The van der Waals surface area contributed by atoms with Gasteiger partial charge in [-0.3, -0.25) is 0 Å². The van der Waals surface area contributed by atoms with Crippen LogP contribution in [0.15, 0.2) is 97.1 Å². The first kappa shape index (κ1) is 36.5. The van der Waals surface area contributed by atoms with Gasteiger partial charge in [-0.2, -0.15) is 19.6 Å². The number of hydrogen-bond donors (Lipinski definition) is 0. The van der Waals surface area contributed by atoms with E-state index in [1.807, 2.05) is 86.6 Å². The van der Waals surface area contributed by atoms with Crippen LogP contribution in [0.5, 0.6) is 11.5 Å². The van der Waals surface area contributed by atoms with E-state index in [9.17, 15) is 0 Å². The molecule has 0 aliphatic carbocycles. The van der Waals surface area contributed by atoms with Gasteiger partial charge in [0.15, 0.2) is 0 Å². The second-order valence-corrected chi connectivity index (χ2v) is 10.9. The van der Waals surface area contributed by atoms with E-state index >= 15 is 0 Å². The van der Waals surface area contributed by atoms with E-state index in [1.165, 1.54) is 11.1 Å². The Kier molecular flexibility index (Phi) is 16.0. The van der Waals surface area contributed by atoms with Gasteiger partial charge >= 0.3 is 0 Å². The summed E-state index contributed by atoms with van der Waals surface area (Å²) in [5.41, 5.74) is 6.24. The average molecular weight is 688 g/mol. The van der Waals surface area contributed by atoms with Crippen molar-refractivity contribution in [1.82, 2.24) is 0 Å². The maximum Gasteiger partial charge on any atom is 0.124 e. The van der Waals surface area contributed by atoms with E-state index < -0.39 is 0 Å². The predicted octanol–water partition coefficient (Wildman–Crippen LogP) is 9.13. The second kappa shape index (κ2) is 18.9. The molecule has 230 valence electrons. The van der Waals surface area contributed by atoms with Crippen molar-refractivity contribution in [1.29, 1.82) is 0 Å². The third-order valence-corrected chi connectivity index (χ3v) is 8.46. The number of rotatable bonds is 10. The SMILES string of the molecule is CCOc1ccc(CC)cc1/C([S-])=C(/[S-])c1ccccc1.CCOc1ccc(CC)cc1/C([S-])=C(/[S-])c1ccccc1.[Ni]. The Morgan fingerprint density at radius 1 is 0.488 bits per heavy atom. The summed E-state index contributed by atoms with van der Waals surface area (Å²) in [6.07, 6.45) is 1.92. The molecule has 0 atom stereocenters. The van der Waals surface area contributed by atoms with Crippen LogP contribution < -0.4 is 9.47 Å². The van der Waals surface area contributed by atoms with Gasteiger partial charge in [0.25, 0.3) is 0 Å². The monoisotopic (exact) mass is 686 g/mol. The number of ether oxygens (including phenoxy) is 2. The summed E-state index contributed by atoms with van der Waals surface area (Å²) in [5.74, 6) is 1.61. The van der Waals surface area contributed by atoms with Crippen LogP contribution in [0.4, 0.5) is 0 Å². The Morgan fingerprint density at radius 2 is 0.837 bits per heavy atom. The second-order valence-electron chi connectivity index (χ2n) is 9.28. The molecule has 0 bridgehead atoms. The molecule has 0 aliphatic heterocycles. The molecule has 0 spiro atoms. The fourth-order valence-corrected chi connectivity index (χ4v) is 5.24. The van der Waals surface area contributed by atoms with Gasteiger partial charge in [0.05, 0.1) is 13.2 Å². The molecular formula is C36H36NiO2S4-4. The van der Waals surface area contributed by atoms with Gasteiger partial charge in [0.2, 0.25) is 0 Å². The average Bonchev–Trinajstić information content (AvgIpc) is 3.05. The maximum atomic E-state index is 5.70. The molecule has 0 fully saturated rings. The zero-order chi connectivity index (χ0) is 30.5.